The Morgan fingerprint density at radius 1 is 1.29 bits per heavy atom. The van der Waals surface area contributed by atoms with Crippen LogP contribution in [0.5, 0.6) is 0 Å². The van der Waals surface area contributed by atoms with Crippen molar-refractivity contribution in [1.82, 2.24) is 0 Å². The van der Waals surface area contributed by atoms with E-state index in [1.54, 1.807) is 12.0 Å². The molecule has 4 nitrogen and oxygen atoms in total. The lowest BCUT2D eigenvalue weighted by atomic mass is 10.2. The number of hydrogen-bond acceptors (Lipinski definition) is 3. The highest BCUT2D eigenvalue weighted by Crippen LogP contribution is 2.16. The summed E-state index contributed by atoms with van der Waals surface area (Å²) in [6, 6.07) is 7.82. The smallest absolute Gasteiger partial charge is 0.253 e. The minimum absolute atomic E-state index is 0.0600. The first-order valence-corrected chi connectivity index (χ1v) is 5.54. The van der Waals surface area contributed by atoms with Crippen molar-refractivity contribution in [3.63, 3.8) is 0 Å². The van der Waals surface area contributed by atoms with Crippen LogP contribution >= 0.6 is 0 Å². The fourth-order valence-corrected chi connectivity index (χ4v) is 1.58. The van der Waals surface area contributed by atoms with Gasteiger partial charge in [0.05, 0.1) is 6.61 Å². The molecule has 0 spiro atoms. The van der Waals surface area contributed by atoms with Gasteiger partial charge in [-0.15, -0.1) is 0 Å². The number of amides is 1. The maximum absolute atomic E-state index is 11.9. The Hall–Kier alpha value is -1.39. The molecule has 0 atom stereocenters. The van der Waals surface area contributed by atoms with Crippen LogP contribution in [0.2, 0.25) is 0 Å². The van der Waals surface area contributed by atoms with E-state index in [4.69, 9.17) is 9.47 Å². The van der Waals surface area contributed by atoms with Crippen molar-refractivity contribution in [2.75, 3.05) is 38.9 Å². The van der Waals surface area contributed by atoms with Crippen LogP contribution in [0.15, 0.2) is 24.3 Å². The number of ether oxygens (including phenoxy) is 2. The molecule has 0 aliphatic carbocycles. The maximum Gasteiger partial charge on any atom is 0.253 e. The molecule has 1 aromatic carbocycles. The molecule has 17 heavy (non-hydrogen) atoms. The zero-order valence-electron chi connectivity index (χ0n) is 10.6. The normalized spacial score (nSPS) is 10.3. The lowest BCUT2D eigenvalue weighted by molar-refractivity contribution is -0.122. The number of carbonyl (C=O) groups excluding carboxylic acids is 1. The zero-order chi connectivity index (χ0) is 12.7. The SMILES string of the molecule is COCCN(C(=O)COC)c1cccc(C)c1. The molecule has 0 unspecified atom stereocenters. The minimum Gasteiger partial charge on any atom is -0.383 e. The highest BCUT2D eigenvalue weighted by atomic mass is 16.5. The molecule has 0 N–H and O–H groups in total. The minimum atomic E-state index is -0.0600. The number of methoxy groups -OCH3 is 2. The van der Waals surface area contributed by atoms with Crippen molar-refractivity contribution in [2.24, 2.45) is 0 Å². The monoisotopic (exact) mass is 237 g/mol. The Morgan fingerprint density at radius 3 is 2.65 bits per heavy atom. The number of hydrogen-bond donors (Lipinski definition) is 0. The molecule has 1 amide bonds. The van der Waals surface area contributed by atoms with Gasteiger partial charge in [-0.05, 0) is 24.6 Å². The molecule has 0 heterocycles. The molecule has 0 saturated carbocycles. The average Bonchev–Trinajstić information content (AvgIpc) is 2.30. The summed E-state index contributed by atoms with van der Waals surface area (Å²) in [4.78, 5) is 13.6. The van der Waals surface area contributed by atoms with Crippen molar-refractivity contribution >= 4 is 11.6 Å². The van der Waals surface area contributed by atoms with E-state index in [1.807, 2.05) is 31.2 Å². The van der Waals surface area contributed by atoms with Crippen LogP contribution in [-0.4, -0.2) is 39.9 Å². The van der Waals surface area contributed by atoms with Crippen molar-refractivity contribution in [2.45, 2.75) is 6.92 Å². The van der Waals surface area contributed by atoms with Gasteiger partial charge in [0.25, 0.3) is 5.91 Å². The lowest BCUT2D eigenvalue weighted by Crippen LogP contribution is -2.36. The van der Waals surface area contributed by atoms with Gasteiger partial charge in [-0.25, -0.2) is 0 Å². The topological polar surface area (TPSA) is 38.8 Å². The average molecular weight is 237 g/mol. The van der Waals surface area contributed by atoms with Crippen LogP contribution in [0.1, 0.15) is 5.56 Å². The van der Waals surface area contributed by atoms with Crippen molar-refractivity contribution < 1.29 is 14.3 Å². The van der Waals surface area contributed by atoms with E-state index in [0.717, 1.165) is 11.3 Å². The molecule has 94 valence electrons. The predicted octanol–water partition coefficient (Wildman–Crippen LogP) is 1.62. The molecule has 0 bridgehead atoms. The van der Waals surface area contributed by atoms with Crippen LogP contribution in [0.25, 0.3) is 0 Å². The largest absolute Gasteiger partial charge is 0.383 e. The van der Waals surface area contributed by atoms with E-state index in [1.165, 1.54) is 7.11 Å². The van der Waals surface area contributed by atoms with Gasteiger partial charge < -0.3 is 14.4 Å². The second-order valence-corrected chi connectivity index (χ2v) is 3.81. The second-order valence-electron chi connectivity index (χ2n) is 3.81. The van der Waals surface area contributed by atoms with Crippen LogP contribution in [-0.2, 0) is 14.3 Å². The first-order valence-electron chi connectivity index (χ1n) is 5.54. The highest BCUT2D eigenvalue weighted by molar-refractivity contribution is 5.94. The molecular formula is C13H19NO3. The number of nitrogens with zero attached hydrogens (tertiary/aromatic N) is 1. The molecule has 0 saturated heterocycles. The number of benzene rings is 1. The van der Waals surface area contributed by atoms with Crippen molar-refractivity contribution in [3.05, 3.63) is 29.8 Å². The molecule has 4 heteroatoms. The van der Waals surface area contributed by atoms with Crippen molar-refractivity contribution in [1.29, 1.82) is 0 Å². The van der Waals surface area contributed by atoms with Gasteiger partial charge >= 0.3 is 0 Å². The van der Waals surface area contributed by atoms with Gasteiger partial charge in [0.1, 0.15) is 6.61 Å². The van der Waals surface area contributed by atoms with Gasteiger partial charge in [-0.3, -0.25) is 4.79 Å². The highest BCUT2D eigenvalue weighted by Gasteiger charge is 2.14. The third-order valence-corrected chi connectivity index (χ3v) is 2.40. The van der Waals surface area contributed by atoms with E-state index in [0.29, 0.717) is 13.2 Å². The summed E-state index contributed by atoms with van der Waals surface area (Å²) in [6.45, 7) is 3.11. The van der Waals surface area contributed by atoms with Gasteiger partial charge in [-0.1, -0.05) is 12.1 Å². The first-order chi connectivity index (χ1) is 8.19. The van der Waals surface area contributed by atoms with E-state index >= 15 is 0 Å². The fraction of sp³-hybridized carbons (Fsp3) is 0.462. The Kier molecular flexibility index (Phi) is 5.66. The number of carbonyl (C=O) groups is 1. The Morgan fingerprint density at radius 2 is 2.06 bits per heavy atom. The maximum atomic E-state index is 11.9. The van der Waals surface area contributed by atoms with Crippen LogP contribution < -0.4 is 4.90 Å². The van der Waals surface area contributed by atoms with E-state index in [-0.39, 0.29) is 12.5 Å². The van der Waals surface area contributed by atoms with Gasteiger partial charge in [0, 0.05) is 26.5 Å². The summed E-state index contributed by atoms with van der Waals surface area (Å²) in [7, 11) is 3.14. The molecule has 0 aliphatic heterocycles. The van der Waals surface area contributed by atoms with Gasteiger partial charge in [-0.2, -0.15) is 0 Å². The predicted molar refractivity (Wildman–Crippen MR) is 67.3 cm³/mol. The summed E-state index contributed by atoms with van der Waals surface area (Å²) >= 11 is 0. The van der Waals surface area contributed by atoms with Gasteiger partial charge in [0.15, 0.2) is 0 Å². The third-order valence-electron chi connectivity index (χ3n) is 2.40. The van der Waals surface area contributed by atoms with Crippen LogP contribution in [0.3, 0.4) is 0 Å². The molecule has 1 aromatic rings. The number of aryl methyl sites for hydroxylation is 1. The summed E-state index contributed by atoms with van der Waals surface area (Å²) in [5, 5.41) is 0. The van der Waals surface area contributed by atoms with E-state index in [9.17, 15) is 4.79 Å². The standard InChI is InChI=1S/C13H19NO3/c1-11-5-4-6-12(9-11)14(7-8-16-2)13(15)10-17-3/h4-6,9H,7-8,10H2,1-3H3. The summed E-state index contributed by atoms with van der Waals surface area (Å²) in [5.74, 6) is -0.0600. The van der Waals surface area contributed by atoms with Crippen LogP contribution in [0, 0.1) is 6.92 Å². The van der Waals surface area contributed by atoms with Gasteiger partial charge in [0.2, 0.25) is 0 Å². The van der Waals surface area contributed by atoms with E-state index < -0.39 is 0 Å². The Labute approximate surface area is 102 Å². The molecule has 0 aliphatic rings. The van der Waals surface area contributed by atoms with Crippen LogP contribution in [0.4, 0.5) is 5.69 Å². The Bertz CT molecular complexity index is 365. The lowest BCUT2D eigenvalue weighted by Gasteiger charge is -2.22. The van der Waals surface area contributed by atoms with Crippen molar-refractivity contribution in [3.8, 4) is 0 Å². The summed E-state index contributed by atoms with van der Waals surface area (Å²) in [5.41, 5.74) is 2.00. The van der Waals surface area contributed by atoms with E-state index in [2.05, 4.69) is 0 Å². The zero-order valence-corrected chi connectivity index (χ0v) is 10.6. The molecular weight excluding hydrogens is 218 g/mol. The number of rotatable bonds is 6. The molecule has 0 radical (unpaired) electrons. The molecule has 0 fully saturated rings. The summed E-state index contributed by atoms with van der Waals surface area (Å²) in [6.07, 6.45) is 0. The third kappa shape index (κ3) is 4.17. The quantitative estimate of drug-likeness (QED) is 0.754. The second kappa shape index (κ2) is 7.04. The fourth-order valence-electron chi connectivity index (χ4n) is 1.58. The molecule has 0 aromatic heterocycles. The molecule has 1 rings (SSSR count). The Balaban J connectivity index is 2.85. The summed E-state index contributed by atoms with van der Waals surface area (Å²) < 4.78 is 9.90. The first kappa shape index (κ1) is 13.7. The number of anilines is 1.